The minimum Gasteiger partial charge on any atom is -0.398 e. The van der Waals surface area contributed by atoms with E-state index in [1.54, 1.807) is 0 Å². The molecule has 0 unspecified atom stereocenters. The van der Waals surface area contributed by atoms with Gasteiger partial charge in [-0.25, -0.2) is 8.78 Å². The van der Waals surface area contributed by atoms with Crippen LogP contribution in [0.25, 0.3) is 0 Å². The summed E-state index contributed by atoms with van der Waals surface area (Å²) in [6.45, 7) is 0. The van der Waals surface area contributed by atoms with Gasteiger partial charge in [-0.1, -0.05) is 0 Å². The van der Waals surface area contributed by atoms with Crippen LogP contribution in [0.4, 0.5) is 27.6 Å². The summed E-state index contributed by atoms with van der Waals surface area (Å²) in [5.74, 6) is 0. The van der Waals surface area contributed by atoms with Crippen molar-refractivity contribution in [2.24, 2.45) is 0 Å². The van der Waals surface area contributed by atoms with Crippen LogP contribution in [0, 0.1) is 0 Å². The summed E-state index contributed by atoms with van der Waals surface area (Å²) in [4.78, 5) is 13.3. The third-order valence-electron chi connectivity index (χ3n) is 1.81. The molecule has 3 nitrogen and oxygen atoms in total. The van der Waals surface area contributed by atoms with Gasteiger partial charge in [-0.15, -0.1) is 0 Å². The molecule has 0 aliphatic heterocycles. The second kappa shape index (κ2) is 4.03. The highest BCUT2D eigenvalue weighted by Gasteiger charge is 2.38. The van der Waals surface area contributed by atoms with E-state index in [-0.39, 0.29) is 6.29 Å². The summed E-state index contributed by atoms with van der Waals surface area (Å²) in [6, 6.07) is 0. The van der Waals surface area contributed by atoms with E-state index >= 15 is 0 Å². The molecule has 0 radical (unpaired) electrons. The maximum Gasteiger partial charge on any atom is 0.420 e. The number of aldehydes is 1. The first-order valence-corrected chi connectivity index (χ1v) is 3.88. The second-order valence-corrected chi connectivity index (χ2v) is 2.80. The number of pyridine rings is 1. The van der Waals surface area contributed by atoms with Gasteiger partial charge in [-0.2, -0.15) is 13.2 Å². The van der Waals surface area contributed by atoms with Crippen molar-refractivity contribution in [1.29, 1.82) is 0 Å². The molecule has 1 aromatic rings. The zero-order chi connectivity index (χ0) is 12.5. The molecule has 1 aromatic heterocycles. The van der Waals surface area contributed by atoms with E-state index in [0.29, 0.717) is 6.20 Å². The number of aromatic nitrogens is 1. The van der Waals surface area contributed by atoms with Crippen molar-refractivity contribution in [3.05, 3.63) is 23.0 Å². The predicted octanol–water partition coefficient (Wildman–Crippen LogP) is 2.43. The summed E-state index contributed by atoms with van der Waals surface area (Å²) in [5.41, 5.74) is 0.107. The fourth-order valence-corrected chi connectivity index (χ4v) is 1.12. The van der Waals surface area contributed by atoms with E-state index in [0.717, 1.165) is 0 Å². The van der Waals surface area contributed by atoms with Crippen LogP contribution in [-0.4, -0.2) is 11.3 Å². The van der Waals surface area contributed by atoms with Gasteiger partial charge < -0.3 is 5.73 Å². The number of nitrogens with zero attached hydrogens (tertiary/aromatic N) is 1. The van der Waals surface area contributed by atoms with Crippen LogP contribution >= 0.6 is 0 Å². The van der Waals surface area contributed by atoms with Crippen molar-refractivity contribution in [2.75, 3.05) is 5.73 Å². The van der Waals surface area contributed by atoms with Crippen LogP contribution in [0.15, 0.2) is 6.20 Å². The summed E-state index contributed by atoms with van der Waals surface area (Å²) in [5, 5.41) is 0. The van der Waals surface area contributed by atoms with Gasteiger partial charge in [0.15, 0.2) is 6.29 Å². The number of anilines is 1. The van der Waals surface area contributed by atoms with Crippen molar-refractivity contribution in [1.82, 2.24) is 4.98 Å². The quantitative estimate of drug-likeness (QED) is 0.638. The number of nitrogens with two attached hydrogens (primary N) is 1. The maximum atomic E-state index is 12.4. The average molecular weight is 240 g/mol. The maximum absolute atomic E-state index is 12.4. The lowest BCUT2D eigenvalue weighted by molar-refractivity contribution is -0.137. The van der Waals surface area contributed by atoms with Crippen LogP contribution in [0.3, 0.4) is 0 Å². The molecule has 0 spiro atoms. The molecule has 0 bridgehead atoms. The zero-order valence-electron chi connectivity index (χ0n) is 7.55. The molecule has 0 saturated carbocycles. The van der Waals surface area contributed by atoms with Gasteiger partial charge in [0.1, 0.15) is 11.3 Å². The predicted molar refractivity (Wildman–Crippen MR) is 44.0 cm³/mol. The molecule has 2 N–H and O–H groups in total. The van der Waals surface area contributed by atoms with E-state index in [1.165, 1.54) is 0 Å². The molecular weight excluding hydrogens is 235 g/mol. The number of carbonyl (C=O) groups excluding carboxylic acids is 1. The Morgan fingerprint density at radius 2 is 1.94 bits per heavy atom. The van der Waals surface area contributed by atoms with Crippen LogP contribution in [-0.2, 0) is 6.18 Å². The summed E-state index contributed by atoms with van der Waals surface area (Å²) in [6.07, 6.45) is -7.92. The number of hydrogen-bond acceptors (Lipinski definition) is 3. The number of halogens is 5. The van der Waals surface area contributed by atoms with Gasteiger partial charge in [0, 0.05) is 6.20 Å². The topological polar surface area (TPSA) is 56.0 Å². The Kier molecular flexibility index (Phi) is 3.11. The Morgan fingerprint density at radius 3 is 2.31 bits per heavy atom. The van der Waals surface area contributed by atoms with E-state index in [4.69, 9.17) is 5.73 Å². The number of alkyl halides is 5. The summed E-state index contributed by atoms with van der Waals surface area (Å²) >= 11 is 0. The van der Waals surface area contributed by atoms with E-state index in [2.05, 4.69) is 4.98 Å². The standard InChI is InChI=1S/C8H5F5N2O/c9-7(10)3-1-15-4(2-16)5(6(3)14)8(11,12)13/h1-2,7H,(H2,14,15). The van der Waals surface area contributed by atoms with Gasteiger partial charge in [0.2, 0.25) is 0 Å². The Bertz CT molecular complexity index is 416. The largest absolute Gasteiger partial charge is 0.420 e. The number of carbonyl (C=O) groups is 1. The zero-order valence-corrected chi connectivity index (χ0v) is 7.55. The molecule has 16 heavy (non-hydrogen) atoms. The van der Waals surface area contributed by atoms with Crippen LogP contribution in [0.1, 0.15) is 28.0 Å². The molecule has 0 aliphatic rings. The normalized spacial score (nSPS) is 11.9. The number of rotatable bonds is 2. The number of hydrogen-bond donors (Lipinski definition) is 1. The Hall–Kier alpha value is -1.73. The first kappa shape index (κ1) is 12.3. The molecule has 0 fully saturated rings. The molecule has 1 rings (SSSR count). The Morgan fingerprint density at radius 1 is 1.38 bits per heavy atom. The third-order valence-corrected chi connectivity index (χ3v) is 1.81. The van der Waals surface area contributed by atoms with Gasteiger partial charge >= 0.3 is 6.18 Å². The van der Waals surface area contributed by atoms with Gasteiger partial charge in [0.05, 0.1) is 11.3 Å². The molecule has 8 heteroatoms. The van der Waals surface area contributed by atoms with Crippen LogP contribution in [0.2, 0.25) is 0 Å². The van der Waals surface area contributed by atoms with Crippen molar-refractivity contribution in [3.8, 4) is 0 Å². The molecule has 88 valence electrons. The van der Waals surface area contributed by atoms with E-state index in [1.807, 2.05) is 0 Å². The molecule has 0 aromatic carbocycles. The Labute approximate surface area is 86.1 Å². The summed E-state index contributed by atoms with van der Waals surface area (Å²) in [7, 11) is 0. The lowest BCUT2D eigenvalue weighted by Gasteiger charge is -2.14. The lowest BCUT2D eigenvalue weighted by Crippen LogP contribution is -2.16. The van der Waals surface area contributed by atoms with Crippen LogP contribution < -0.4 is 5.73 Å². The lowest BCUT2D eigenvalue weighted by atomic mass is 10.1. The highest BCUT2D eigenvalue weighted by molar-refractivity contribution is 5.78. The van der Waals surface area contributed by atoms with Crippen molar-refractivity contribution >= 4 is 12.0 Å². The minimum atomic E-state index is -5.00. The monoisotopic (exact) mass is 240 g/mol. The van der Waals surface area contributed by atoms with Crippen molar-refractivity contribution in [3.63, 3.8) is 0 Å². The molecule has 0 amide bonds. The van der Waals surface area contributed by atoms with Gasteiger partial charge in [-0.05, 0) is 0 Å². The van der Waals surface area contributed by atoms with Crippen LogP contribution in [0.5, 0.6) is 0 Å². The first-order chi connectivity index (χ1) is 7.29. The highest BCUT2D eigenvalue weighted by Crippen LogP contribution is 2.38. The van der Waals surface area contributed by atoms with Gasteiger partial charge in [-0.3, -0.25) is 9.78 Å². The third kappa shape index (κ3) is 2.10. The molecular formula is C8H5F5N2O. The molecule has 0 aliphatic carbocycles. The molecule has 1 heterocycles. The highest BCUT2D eigenvalue weighted by atomic mass is 19.4. The minimum absolute atomic E-state index is 0.186. The molecule has 0 atom stereocenters. The average Bonchev–Trinajstić information content (AvgIpc) is 2.14. The fraction of sp³-hybridized carbons (Fsp3) is 0.250. The smallest absolute Gasteiger partial charge is 0.398 e. The second-order valence-electron chi connectivity index (χ2n) is 2.80. The van der Waals surface area contributed by atoms with E-state index in [9.17, 15) is 26.7 Å². The van der Waals surface area contributed by atoms with Crippen molar-refractivity contribution in [2.45, 2.75) is 12.6 Å². The fourth-order valence-electron chi connectivity index (χ4n) is 1.12. The van der Waals surface area contributed by atoms with E-state index < -0.39 is 35.1 Å². The first-order valence-electron chi connectivity index (χ1n) is 3.88. The van der Waals surface area contributed by atoms with Gasteiger partial charge in [0.25, 0.3) is 6.43 Å². The van der Waals surface area contributed by atoms with Crippen molar-refractivity contribution < 1.29 is 26.7 Å². The Balaban J connectivity index is 3.53. The number of nitrogen functional groups attached to an aromatic ring is 1. The molecule has 0 saturated heterocycles. The summed E-state index contributed by atoms with van der Waals surface area (Å²) < 4.78 is 61.8. The SMILES string of the molecule is Nc1c(C(F)F)cnc(C=O)c1C(F)(F)F.